The van der Waals surface area contributed by atoms with Crippen LogP contribution in [-0.4, -0.2) is 17.9 Å². The fraction of sp³-hybridized carbons (Fsp3) is 0.250. The van der Waals surface area contributed by atoms with Gasteiger partial charge in [-0.15, -0.1) is 0 Å². The van der Waals surface area contributed by atoms with Gasteiger partial charge in [0.05, 0.1) is 0 Å². The molecule has 11 heavy (non-hydrogen) atoms. The first-order valence-corrected chi connectivity index (χ1v) is 3.38. The summed E-state index contributed by atoms with van der Waals surface area (Å²) in [5, 5.41) is 0. The minimum absolute atomic E-state index is 0.189. The Labute approximate surface area is 63.3 Å². The van der Waals surface area contributed by atoms with Gasteiger partial charge in [0.2, 0.25) is 0 Å². The van der Waals surface area contributed by atoms with Gasteiger partial charge in [-0.2, -0.15) is 0 Å². The van der Waals surface area contributed by atoms with Crippen LogP contribution in [0.2, 0.25) is 0 Å². The lowest BCUT2D eigenvalue weighted by atomic mass is 10.0. The third kappa shape index (κ3) is 0.888. The molecule has 2 heterocycles. The van der Waals surface area contributed by atoms with Gasteiger partial charge in [-0.3, -0.25) is 9.59 Å². The third-order valence-electron chi connectivity index (χ3n) is 1.76. The summed E-state index contributed by atoms with van der Waals surface area (Å²) in [6.07, 6.45) is 5.97. The number of allylic oxidation sites excluding steroid dienone is 1. The van der Waals surface area contributed by atoms with Crippen molar-refractivity contribution in [3.8, 4) is 0 Å². The van der Waals surface area contributed by atoms with Crippen molar-refractivity contribution < 1.29 is 14.3 Å². The summed E-state index contributed by atoms with van der Waals surface area (Å²) in [4.78, 5) is 22.0. The molecule has 0 aromatic heterocycles. The lowest BCUT2D eigenvalue weighted by molar-refractivity contribution is -0.150. The first kappa shape index (κ1) is 6.34. The van der Waals surface area contributed by atoms with E-state index >= 15 is 0 Å². The molecule has 3 nitrogen and oxygen atoms in total. The SMILES string of the molecule is O=C1C=C[C@@H]2C=C[C@H]1C(=O)O2. The van der Waals surface area contributed by atoms with Crippen LogP contribution in [0.25, 0.3) is 0 Å². The Bertz CT molecular complexity index is 275. The number of esters is 1. The molecular formula is C8H6O3. The first-order valence-electron chi connectivity index (χ1n) is 3.38. The second-order valence-electron chi connectivity index (χ2n) is 2.53. The second kappa shape index (κ2) is 2.05. The molecule has 0 unspecified atom stereocenters. The molecule has 56 valence electrons. The van der Waals surface area contributed by atoms with E-state index in [0.717, 1.165) is 0 Å². The van der Waals surface area contributed by atoms with Crippen LogP contribution in [0, 0.1) is 5.92 Å². The van der Waals surface area contributed by atoms with Gasteiger partial charge in [0.25, 0.3) is 0 Å². The Morgan fingerprint density at radius 3 is 2.73 bits per heavy atom. The minimum Gasteiger partial charge on any atom is -0.453 e. The lowest BCUT2D eigenvalue weighted by Crippen LogP contribution is -2.27. The maximum absolute atomic E-state index is 11.0. The van der Waals surface area contributed by atoms with Crippen LogP contribution in [0.5, 0.6) is 0 Å². The topological polar surface area (TPSA) is 43.4 Å². The van der Waals surface area contributed by atoms with Crippen molar-refractivity contribution >= 4 is 11.8 Å². The Morgan fingerprint density at radius 1 is 1.18 bits per heavy atom. The lowest BCUT2D eigenvalue weighted by Gasteiger charge is -2.15. The maximum Gasteiger partial charge on any atom is 0.321 e. The maximum atomic E-state index is 11.0. The fourth-order valence-corrected chi connectivity index (χ4v) is 1.15. The highest BCUT2D eigenvalue weighted by Gasteiger charge is 2.31. The number of ketones is 1. The number of rotatable bonds is 0. The van der Waals surface area contributed by atoms with E-state index in [4.69, 9.17) is 4.74 Å². The van der Waals surface area contributed by atoms with Gasteiger partial charge in [-0.25, -0.2) is 0 Å². The van der Waals surface area contributed by atoms with Crippen molar-refractivity contribution in [2.24, 2.45) is 5.92 Å². The van der Waals surface area contributed by atoms with Crippen LogP contribution < -0.4 is 0 Å². The van der Waals surface area contributed by atoms with Crippen LogP contribution in [-0.2, 0) is 14.3 Å². The summed E-state index contributed by atoms with van der Waals surface area (Å²) in [6.45, 7) is 0. The number of hydrogen-bond donors (Lipinski definition) is 0. The molecule has 0 N–H and O–H groups in total. The first-order chi connectivity index (χ1) is 5.27. The van der Waals surface area contributed by atoms with Gasteiger partial charge in [0.15, 0.2) is 5.78 Å². The van der Waals surface area contributed by atoms with E-state index in [9.17, 15) is 9.59 Å². The normalized spacial score (nSPS) is 33.8. The zero-order valence-corrected chi connectivity index (χ0v) is 5.69. The van der Waals surface area contributed by atoms with Crippen molar-refractivity contribution in [3.63, 3.8) is 0 Å². The largest absolute Gasteiger partial charge is 0.453 e. The third-order valence-corrected chi connectivity index (χ3v) is 1.76. The number of carbonyl (C=O) groups is 2. The van der Waals surface area contributed by atoms with Crippen LogP contribution in [0.15, 0.2) is 24.3 Å². The summed E-state index contributed by atoms with van der Waals surface area (Å²) in [6, 6.07) is 0. The molecule has 0 radical (unpaired) electrons. The van der Waals surface area contributed by atoms with E-state index in [1.807, 2.05) is 0 Å². The number of hydrogen-bond acceptors (Lipinski definition) is 3. The van der Waals surface area contributed by atoms with E-state index in [1.54, 1.807) is 18.2 Å². The van der Waals surface area contributed by atoms with E-state index in [1.165, 1.54) is 6.08 Å². The average molecular weight is 150 g/mol. The molecule has 3 aliphatic rings. The Kier molecular flexibility index (Phi) is 1.18. The van der Waals surface area contributed by atoms with Crippen LogP contribution in [0.3, 0.4) is 0 Å². The van der Waals surface area contributed by atoms with Gasteiger partial charge in [-0.1, -0.05) is 6.08 Å². The Hall–Kier alpha value is -1.38. The fourth-order valence-electron chi connectivity index (χ4n) is 1.15. The molecule has 3 rings (SSSR count). The Morgan fingerprint density at radius 2 is 2.00 bits per heavy atom. The standard InChI is InChI=1S/C8H6O3/c9-7-4-2-5-1-3-6(7)8(10)11-5/h1-6H/t5-,6+/m0/s1. The van der Waals surface area contributed by atoms with E-state index in [-0.39, 0.29) is 11.9 Å². The second-order valence-corrected chi connectivity index (χ2v) is 2.53. The summed E-state index contributed by atoms with van der Waals surface area (Å²) >= 11 is 0. The smallest absolute Gasteiger partial charge is 0.321 e. The van der Waals surface area contributed by atoms with Gasteiger partial charge in [0.1, 0.15) is 12.0 Å². The van der Waals surface area contributed by atoms with Crippen LogP contribution in [0.1, 0.15) is 0 Å². The summed E-state index contributed by atoms with van der Waals surface area (Å²) in [5.41, 5.74) is 0. The highest BCUT2D eigenvalue weighted by atomic mass is 16.5. The van der Waals surface area contributed by atoms with Crippen molar-refractivity contribution in [2.45, 2.75) is 6.10 Å². The predicted octanol–water partition coefficient (Wildman–Crippen LogP) is 0.223. The zero-order chi connectivity index (χ0) is 7.84. The summed E-state index contributed by atoms with van der Waals surface area (Å²) in [7, 11) is 0. The molecule has 1 aliphatic carbocycles. The van der Waals surface area contributed by atoms with E-state index < -0.39 is 11.9 Å². The monoisotopic (exact) mass is 150 g/mol. The molecule has 3 heteroatoms. The van der Waals surface area contributed by atoms with Crippen molar-refractivity contribution in [1.29, 1.82) is 0 Å². The molecule has 0 saturated heterocycles. The highest BCUT2D eigenvalue weighted by molar-refractivity contribution is 6.08. The molecule has 0 aromatic rings. The summed E-state index contributed by atoms with van der Waals surface area (Å²) in [5.74, 6) is -1.32. The molecule has 0 fully saturated rings. The molecule has 0 spiro atoms. The number of fused-ring (bicyclic) bond motifs is 2. The molecular weight excluding hydrogens is 144 g/mol. The number of carbonyl (C=O) groups excluding carboxylic acids is 2. The van der Waals surface area contributed by atoms with E-state index in [2.05, 4.69) is 0 Å². The average Bonchev–Trinajstić information content (AvgIpc) is 2.21. The van der Waals surface area contributed by atoms with E-state index in [0.29, 0.717) is 0 Å². The van der Waals surface area contributed by atoms with Gasteiger partial charge >= 0.3 is 5.97 Å². The molecule has 2 atom stereocenters. The number of ether oxygens (including phenoxy) is 1. The van der Waals surface area contributed by atoms with Crippen LogP contribution >= 0.6 is 0 Å². The summed E-state index contributed by atoms with van der Waals surface area (Å²) < 4.78 is 4.85. The molecule has 2 bridgehead atoms. The zero-order valence-electron chi connectivity index (χ0n) is 5.69. The quantitative estimate of drug-likeness (QED) is 0.282. The van der Waals surface area contributed by atoms with Gasteiger partial charge in [0, 0.05) is 0 Å². The van der Waals surface area contributed by atoms with Crippen LogP contribution in [0.4, 0.5) is 0 Å². The highest BCUT2D eigenvalue weighted by Crippen LogP contribution is 2.19. The van der Waals surface area contributed by atoms with Gasteiger partial charge in [-0.05, 0) is 18.2 Å². The van der Waals surface area contributed by atoms with Crippen molar-refractivity contribution in [1.82, 2.24) is 0 Å². The Balaban J connectivity index is 2.46. The predicted molar refractivity (Wildman–Crippen MR) is 36.7 cm³/mol. The van der Waals surface area contributed by atoms with Gasteiger partial charge < -0.3 is 4.74 Å². The molecule has 2 aliphatic heterocycles. The minimum atomic E-state index is -0.690. The van der Waals surface area contributed by atoms with Crippen molar-refractivity contribution in [3.05, 3.63) is 24.3 Å². The van der Waals surface area contributed by atoms with Crippen molar-refractivity contribution in [2.75, 3.05) is 0 Å². The molecule has 0 saturated carbocycles. The molecule has 0 aromatic carbocycles. The molecule has 0 amide bonds.